The molecule has 0 aliphatic rings. The van der Waals surface area contributed by atoms with E-state index in [0.717, 1.165) is 11.1 Å². The summed E-state index contributed by atoms with van der Waals surface area (Å²) in [5.74, 6) is 0.499. The van der Waals surface area contributed by atoms with Crippen molar-refractivity contribution in [2.75, 3.05) is 5.73 Å². The van der Waals surface area contributed by atoms with Gasteiger partial charge in [-0.2, -0.15) is 5.10 Å². The summed E-state index contributed by atoms with van der Waals surface area (Å²) in [7, 11) is 1.76. The molecule has 0 saturated carbocycles. The van der Waals surface area contributed by atoms with E-state index >= 15 is 0 Å². The number of pyridine rings is 1. The standard InChI is InChI=1S/C15H13ClN4O/c1-20-15(17)13(10-4-2-3-5-11(10)16)14(19-20)9-6-7-18-12(21)8-9/h2-8H,17H2,1H3,(H,18,21). The monoisotopic (exact) mass is 300 g/mol. The zero-order valence-corrected chi connectivity index (χ0v) is 12.1. The van der Waals surface area contributed by atoms with Gasteiger partial charge in [0.2, 0.25) is 5.56 Å². The van der Waals surface area contributed by atoms with Gasteiger partial charge in [0.25, 0.3) is 0 Å². The van der Waals surface area contributed by atoms with Gasteiger partial charge in [0.05, 0.1) is 5.56 Å². The molecule has 0 bridgehead atoms. The first-order valence-electron chi connectivity index (χ1n) is 6.34. The normalized spacial score (nSPS) is 10.8. The van der Waals surface area contributed by atoms with E-state index in [2.05, 4.69) is 10.1 Å². The van der Waals surface area contributed by atoms with E-state index in [-0.39, 0.29) is 5.56 Å². The molecule has 0 atom stereocenters. The molecule has 0 radical (unpaired) electrons. The third-order valence-electron chi connectivity index (χ3n) is 3.28. The first-order valence-corrected chi connectivity index (χ1v) is 6.72. The van der Waals surface area contributed by atoms with Crippen LogP contribution in [0.4, 0.5) is 5.82 Å². The molecule has 0 aliphatic heterocycles. The van der Waals surface area contributed by atoms with Crippen LogP contribution in [0.3, 0.4) is 0 Å². The summed E-state index contributed by atoms with van der Waals surface area (Å²) in [6, 6.07) is 10.7. The average Bonchev–Trinajstić information content (AvgIpc) is 2.76. The van der Waals surface area contributed by atoms with E-state index < -0.39 is 0 Å². The van der Waals surface area contributed by atoms with Crippen molar-refractivity contribution in [1.29, 1.82) is 0 Å². The van der Waals surface area contributed by atoms with E-state index in [4.69, 9.17) is 17.3 Å². The van der Waals surface area contributed by atoms with E-state index in [0.29, 0.717) is 22.1 Å². The van der Waals surface area contributed by atoms with Gasteiger partial charge in [-0.15, -0.1) is 0 Å². The van der Waals surface area contributed by atoms with E-state index in [1.807, 2.05) is 18.2 Å². The molecule has 0 saturated heterocycles. The second-order valence-corrected chi connectivity index (χ2v) is 5.06. The minimum Gasteiger partial charge on any atom is -0.383 e. The van der Waals surface area contributed by atoms with Crippen LogP contribution in [0.25, 0.3) is 22.4 Å². The molecule has 2 heterocycles. The Morgan fingerprint density at radius 2 is 2.05 bits per heavy atom. The Bertz CT molecular complexity index is 866. The molecule has 1 aromatic carbocycles. The Hall–Kier alpha value is -2.53. The maximum Gasteiger partial charge on any atom is 0.248 e. The van der Waals surface area contributed by atoms with Crippen molar-refractivity contribution in [2.45, 2.75) is 0 Å². The molecule has 2 aromatic heterocycles. The lowest BCUT2D eigenvalue weighted by Gasteiger charge is -2.06. The summed E-state index contributed by atoms with van der Waals surface area (Å²) in [5, 5.41) is 5.01. The van der Waals surface area contributed by atoms with Crippen molar-refractivity contribution in [2.24, 2.45) is 7.05 Å². The molecule has 3 rings (SSSR count). The number of benzene rings is 1. The average molecular weight is 301 g/mol. The van der Waals surface area contributed by atoms with Gasteiger partial charge >= 0.3 is 0 Å². The molecular weight excluding hydrogens is 288 g/mol. The van der Waals surface area contributed by atoms with Crippen LogP contribution in [0.5, 0.6) is 0 Å². The predicted octanol–water partition coefficient (Wildman–Crippen LogP) is 2.68. The van der Waals surface area contributed by atoms with E-state index in [9.17, 15) is 4.79 Å². The third-order valence-corrected chi connectivity index (χ3v) is 3.61. The van der Waals surface area contributed by atoms with Crippen LogP contribution in [-0.2, 0) is 7.05 Å². The van der Waals surface area contributed by atoms with Crippen LogP contribution in [0.15, 0.2) is 47.4 Å². The van der Waals surface area contributed by atoms with Crippen molar-refractivity contribution >= 4 is 17.4 Å². The lowest BCUT2D eigenvalue weighted by atomic mass is 10.0. The fourth-order valence-electron chi connectivity index (χ4n) is 2.26. The lowest BCUT2D eigenvalue weighted by molar-refractivity contribution is 0.782. The maximum atomic E-state index is 11.5. The van der Waals surface area contributed by atoms with Crippen molar-refractivity contribution < 1.29 is 0 Å². The van der Waals surface area contributed by atoms with E-state index in [1.54, 1.807) is 30.1 Å². The number of rotatable bonds is 2. The molecule has 3 N–H and O–H groups in total. The number of aryl methyl sites for hydroxylation is 1. The Morgan fingerprint density at radius 3 is 2.76 bits per heavy atom. The molecule has 0 amide bonds. The third kappa shape index (κ3) is 2.32. The number of aromatic nitrogens is 3. The van der Waals surface area contributed by atoms with Gasteiger partial charge in [0, 0.05) is 35.5 Å². The molecule has 0 aliphatic carbocycles. The van der Waals surface area contributed by atoms with E-state index in [1.165, 1.54) is 6.07 Å². The molecule has 106 valence electrons. The van der Waals surface area contributed by atoms with Crippen molar-refractivity contribution in [3.8, 4) is 22.4 Å². The van der Waals surface area contributed by atoms with Gasteiger partial charge in [0.15, 0.2) is 0 Å². The molecule has 3 aromatic rings. The van der Waals surface area contributed by atoms with Gasteiger partial charge in [-0.05, 0) is 12.1 Å². The number of anilines is 1. The van der Waals surface area contributed by atoms with Crippen LogP contribution < -0.4 is 11.3 Å². The highest BCUT2D eigenvalue weighted by Crippen LogP contribution is 2.38. The van der Waals surface area contributed by atoms with Crippen LogP contribution in [0, 0.1) is 0 Å². The fraction of sp³-hybridized carbons (Fsp3) is 0.0667. The van der Waals surface area contributed by atoms with Gasteiger partial charge in [-0.3, -0.25) is 9.48 Å². The summed E-state index contributed by atoms with van der Waals surface area (Å²) in [6.45, 7) is 0. The van der Waals surface area contributed by atoms with Gasteiger partial charge in [-0.25, -0.2) is 0 Å². The highest BCUT2D eigenvalue weighted by molar-refractivity contribution is 6.33. The SMILES string of the molecule is Cn1nc(-c2cc[nH]c(=O)c2)c(-c2ccccc2Cl)c1N. The van der Waals surface area contributed by atoms with Crippen molar-refractivity contribution in [1.82, 2.24) is 14.8 Å². The number of aromatic amines is 1. The number of nitrogen functional groups attached to an aromatic ring is 1. The smallest absolute Gasteiger partial charge is 0.248 e. The zero-order chi connectivity index (χ0) is 15.0. The highest BCUT2D eigenvalue weighted by atomic mass is 35.5. The lowest BCUT2D eigenvalue weighted by Crippen LogP contribution is -2.02. The number of nitrogens with zero attached hydrogens (tertiary/aromatic N) is 2. The summed E-state index contributed by atoms with van der Waals surface area (Å²) < 4.78 is 1.58. The predicted molar refractivity (Wildman–Crippen MR) is 84.1 cm³/mol. The summed E-state index contributed by atoms with van der Waals surface area (Å²) in [4.78, 5) is 14.1. The topological polar surface area (TPSA) is 76.7 Å². The van der Waals surface area contributed by atoms with Crippen LogP contribution in [-0.4, -0.2) is 14.8 Å². The first-order chi connectivity index (χ1) is 10.1. The number of H-pyrrole nitrogens is 1. The minimum absolute atomic E-state index is 0.193. The van der Waals surface area contributed by atoms with Crippen LogP contribution >= 0.6 is 11.6 Å². The number of hydrogen-bond acceptors (Lipinski definition) is 3. The Balaban J connectivity index is 2.31. The molecule has 0 spiro atoms. The molecule has 5 nitrogen and oxygen atoms in total. The Morgan fingerprint density at radius 1 is 1.29 bits per heavy atom. The number of halogens is 1. The van der Waals surface area contributed by atoms with Gasteiger partial charge in [0.1, 0.15) is 11.5 Å². The maximum absolute atomic E-state index is 11.5. The van der Waals surface area contributed by atoms with Crippen LogP contribution in [0.1, 0.15) is 0 Å². The molecule has 21 heavy (non-hydrogen) atoms. The quantitative estimate of drug-likeness (QED) is 0.764. The van der Waals surface area contributed by atoms with Gasteiger partial charge < -0.3 is 10.7 Å². The Kier molecular flexibility index (Phi) is 3.27. The second-order valence-electron chi connectivity index (χ2n) is 4.65. The van der Waals surface area contributed by atoms with Gasteiger partial charge in [-0.1, -0.05) is 29.8 Å². The second kappa shape index (κ2) is 5.10. The van der Waals surface area contributed by atoms with Crippen molar-refractivity contribution in [3.63, 3.8) is 0 Å². The Labute approximate surface area is 126 Å². The largest absolute Gasteiger partial charge is 0.383 e. The number of hydrogen-bond donors (Lipinski definition) is 2. The van der Waals surface area contributed by atoms with Crippen molar-refractivity contribution in [3.05, 3.63) is 58.0 Å². The molecular formula is C15H13ClN4O. The molecule has 0 unspecified atom stereocenters. The first kappa shape index (κ1) is 13.5. The summed E-state index contributed by atoms with van der Waals surface area (Å²) in [6.07, 6.45) is 1.58. The van der Waals surface area contributed by atoms with Crippen LogP contribution in [0.2, 0.25) is 5.02 Å². The number of nitrogens with one attached hydrogen (secondary N) is 1. The minimum atomic E-state index is -0.193. The number of nitrogens with two attached hydrogens (primary N) is 1. The highest BCUT2D eigenvalue weighted by Gasteiger charge is 2.19. The molecule has 6 heteroatoms. The summed E-state index contributed by atoms with van der Waals surface area (Å²) >= 11 is 6.27. The summed E-state index contributed by atoms with van der Waals surface area (Å²) in [5.41, 5.74) is 8.79. The zero-order valence-electron chi connectivity index (χ0n) is 11.3. The molecule has 0 fully saturated rings. The fourth-order valence-corrected chi connectivity index (χ4v) is 2.49.